The second-order valence-electron chi connectivity index (χ2n) is 11.5. The molecule has 246 valence electrons. The lowest BCUT2D eigenvalue weighted by Crippen LogP contribution is -2.26. The molecule has 0 N–H and O–H groups in total. The first-order chi connectivity index (χ1) is 21.0. The second-order valence-corrected chi connectivity index (χ2v) is 11.5. The van der Waals surface area contributed by atoms with Crippen LogP contribution in [0.15, 0.2) is 0 Å². The molecular weight excluding hydrogens is 596 g/mol. The molecule has 0 unspecified atom stereocenters. The molecule has 0 bridgehead atoms. The van der Waals surface area contributed by atoms with E-state index < -0.39 is 81.1 Å². The number of carbonyl (C=O) groups excluding carboxylic acids is 1. The van der Waals surface area contributed by atoms with Gasteiger partial charge in [-0.15, -0.1) is 0 Å². The Hall–Kier alpha value is -2.85. The Bertz CT molecular complexity index is 1220. The molecule has 2 aromatic rings. The fraction of sp³-hybridized carbons (Fsp3) is 0.606. The molecule has 3 rings (SSSR count). The number of hydrogen-bond donors (Lipinski definition) is 0. The minimum absolute atomic E-state index is 0.293. The Kier molecular flexibility index (Phi) is 13.8. The molecule has 0 saturated heterocycles. The van der Waals surface area contributed by atoms with Gasteiger partial charge in [0.25, 0.3) is 0 Å². The third kappa shape index (κ3) is 8.44. The fourth-order valence-electron chi connectivity index (χ4n) is 5.67. The van der Waals surface area contributed by atoms with Crippen LogP contribution in [0.2, 0.25) is 0 Å². The van der Waals surface area contributed by atoms with Gasteiger partial charge in [-0.05, 0) is 38.0 Å². The molecule has 44 heavy (non-hydrogen) atoms. The molecule has 0 aliphatic heterocycles. The van der Waals surface area contributed by atoms with Gasteiger partial charge in [-0.1, -0.05) is 78.1 Å². The molecule has 3 nitrogen and oxygen atoms in total. The van der Waals surface area contributed by atoms with Gasteiger partial charge < -0.3 is 9.47 Å². The van der Waals surface area contributed by atoms with Crippen molar-refractivity contribution < 1.29 is 49.4 Å². The predicted octanol–water partition coefficient (Wildman–Crippen LogP) is 10.9. The van der Waals surface area contributed by atoms with Gasteiger partial charge in [-0.2, -0.15) is 17.6 Å². The number of ether oxygens (including phenoxy) is 2. The number of esters is 1. The van der Waals surface area contributed by atoms with E-state index in [1.807, 2.05) is 6.92 Å². The standard InChI is InChI=1S/C33H40F8O3/c1-3-5-7-8-9-10-11-13-19-14-16-20(17-15-19)33(42)44-32-29(40)25(36)22(26(37)30(32)41)21-23(34)27(38)31(28(39)24(21)35)43-18-12-6-4-2/h19-20H,3-18H2,1-2H3. The van der Waals surface area contributed by atoms with Gasteiger partial charge in [-0.3, -0.25) is 4.79 Å². The molecule has 0 aromatic heterocycles. The summed E-state index contributed by atoms with van der Waals surface area (Å²) < 4.78 is 128. The van der Waals surface area contributed by atoms with Crippen LogP contribution < -0.4 is 9.47 Å². The average molecular weight is 637 g/mol. The molecule has 0 heterocycles. The van der Waals surface area contributed by atoms with Crippen LogP contribution in [-0.4, -0.2) is 12.6 Å². The lowest BCUT2D eigenvalue weighted by molar-refractivity contribution is -0.140. The predicted molar refractivity (Wildman–Crippen MR) is 150 cm³/mol. The number of rotatable bonds is 16. The quantitative estimate of drug-likeness (QED) is 0.0605. The molecule has 1 aliphatic carbocycles. The monoisotopic (exact) mass is 636 g/mol. The zero-order valence-corrected chi connectivity index (χ0v) is 25.2. The summed E-state index contributed by atoms with van der Waals surface area (Å²) in [6.07, 6.45) is 12.9. The lowest BCUT2D eigenvalue weighted by atomic mass is 9.79. The summed E-state index contributed by atoms with van der Waals surface area (Å²) in [5, 5.41) is 0. The van der Waals surface area contributed by atoms with Crippen LogP contribution in [-0.2, 0) is 4.79 Å². The van der Waals surface area contributed by atoms with Crippen molar-refractivity contribution in [1.29, 1.82) is 0 Å². The molecule has 2 aromatic carbocycles. The third-order valence-electron chi connectivity index (χ3n) is 8.29. The molecular formula is C33H40F8O3. The van der Waals surface area contributed by atoms with E-state index in [0.717, 1.165) is 19.3 Å². The maximum atomic E-state index is 15.0. The van der Waals surface area contributed by atoms with E-state index in [4.69, 9.17) is 9.47 Å². The van der Waals surface area contributed by atoms with Gasteiger partial charge >= 0.3 is 5.97 Å². The minimum Gasteiger partial charge on any atom is -0.487 e. The van der Waals surface area contributed by atoms with E-state index in [9.17, 15) is 39.9 Å². The highest BCUT2D eigenvalue weighted by atomic mass is 19.2. The SMILES string of the molecule is CCCCCCCCCC1CCC(C(=O)Oc2c(F)c(F)c(-c3c(F)c(F)c(OCCCCC)c(F)c3F)c(F)c2F)CC1. The van der Waals surface area contributed by atoms with Gasteiger partial charge in [0.2, 0.25) is 29.0 Å². The molecule has 0 spiro atoms. The highest BCUT2D eigenvalue weighted by molar-refractivity contribution is 5.76. The molecule has 11 heteroatoms. The third-order valence-corrected chi connectivity index (χ3v) is 8.29. The van der Waals surface area contributed by atoms with Crippen molar-refractivity contribution in [3.05, 3.63) is 46.5 Å². The van der Waals surface area contributed by atoms with Crippen LogP contribution >= 0.6 is 0 Å². The first-order valence-corrected chi connectivity index (χ1v) is 15.6. The van der Waals surface area contributed by atoms with Crippen molar-refractivity contribution in [3.8, 4) is 22.6 Å². The molecule has 1 fully saturated rings. The summed E-state index contributed by atoms with van der Waals surface area (Å²) in [5.74, 6) is -22.9. The van der Waals surface area contributed by atoms with E-state index in [1.54, 1.807) is 0 Å². The van der Waals surface area contributed by atoms with E-state index >= 15 is 0 Å². The largest absolute Gasteiger partial charge is 0.487 e. The highest BCUT2D eigenvalue weighted by Crippen LogP contribution is 2.42. The van der Waals surface area contributed by atoms with Gasteiger partial charge in [0.15, 0.2) is 29.0 Å². The summed E-state index contributed by atoms with van der Waals surface area (Å²) in [5.41, 5.74) is -4.04. The zero-order chi connectivity index (χ0) is 32.4. The summed E-state index contributed by atoms with van der Waals surface area (Å²) in [6, 6.07) is 0. The van der Waals surface area contributed by atoms with Crippen LogP contribution in [0.4, 0.5) is 35.1 Å². The van der Waals surface area contributed by atoms with E-state index in [1.165, 1.54) is 32.1 Å². The van der Waals surface area contributed by atoms with Crippen molar-refractivity contribution in [3.63, 3.8) is 0 Å². The summed E-state index contributed by atoms with van der Waals surface area (Å²) >= 11 is 0. The Morgan fingerprint density at radius 2 is 1.00 bits per heavy atom. The number of hydrogen-bond acceptors (Lipinski definition) is 3. The van der Waals surface area contributed by atoms with Gasteiger partial charge in [0.05, 0.1) is 23.7 Å². The maximum Gasteiger partial charge on any atom is 0.314 e. The first kappa shape index (κ1) is 35.6. The van der Waals surface area contributed by atoms with Crippen molar-refractivity contribution in [1.82, 2.24) is 0 Å². The van der Waals surface area contributed by atoms with Crippen molar-refractivity contribution >= 4 is 5.97 Å². The molecule has 0 atom stereocenters. The second kappa shape index (κ2) is 17.0. The first-order valence-electron chi connectivity index (χ1n) is 15.6. The van der Waals surface area contributed by atoms with Gasteiger partial charge in [0, 0.05) is 0 Å². The van der Waals surface area contributed by atoms with Crippen molar-refractivity contribution in [2.24, 2.45) is 11.8 Å². The van der Waals surface area contributed by atoms with Crippen LogP contribution in [0.25, 0.3) is 11.1 Å². The minimum atomic E-state index is -2.39. The van der Waals surface area contributed by atoms with Crippen LogP contribution in [0.1, 0.15) is 110 Å². The smallest absolute Gasteiger partial charge is 0.314 e. The number of unbranched alkanes of at least 4 members (excludes halogenated alkanes) is 8. The van der Waals surface area contributed by atoms with Crippen molar-refractivity contribution in [2.75, 3.05) is 6.61 Å². The Labute approximate surface area is 253 Å². The normalized spacial score (nSPS) is 16.8. The van der Waals surface area contributed by atoms with Crippen LogP contribution in [0, 0.1) is 58.4 Å². The Balaban J connectivity index is 1.72. The Morgan fingerprint density at radius 3 is 1.50 bits per heavy atom. The van der Waals surface area contributed by atoms with E-state index in [2.05, 4.69) is 6.92 Å². The molecule has 0 amide bonds. The number of halogens is 8. The molecule has 0 radical (unpaired) electrons. The summed E-state index contributed by atoms with van der Waals surface area (Å²) in [7, 11) is 0. The summed E-state index contributed by atoms with van der Waals surface area (Å²) in [4.78, 5) is 12.7. The lowest BCUT2D eigenvalue weighted by Gasteiger charge is -2.27. The van der Waals surface area contributed by atoms with E-state index in [-0.39, 0.29) is 6.61 Å². The van der Waals surface area contributed by atoms with Gasteiger partial charge in [-0.25, -0.2) is 17.6 Å². The zero-order valence-electron chi connectivity index (χ0n) is 25.2. The Morgan fingerprint density at radius 1 is 0.568 bits per heavy atom. The number of carbonyl (C=O) groups is 1. The highest BCUT2D eigenvalue weighted by Gasteiger charge is 2.37. The van der Waals surface area contributed by atoms with E-state index in [0.29, 0.717) is 50.9 Å². The summed E-state index contributed by atoms with van der Waals surface area (Å²) in [6.45, 7) is 3.67. The topological polar surface area (TPSA) is 35.5 Å². The average Bonchev–Trinajstić information content (AvgIpc) is 3.02. The molecule has 1 aliphatic rings. The van der Waals surface area contributed by atoms with Crippen LogP contribution in [0.3, 0.4) is 0 Å². The van der Waals surface area contributed by atoms with Gasteiger partial charge in [0.1, 0.15) is 0 Å². The number of benzene rings is 2. The van der Waals surface area contributed by atoms with Crippen molar-refractivity contribution in [2.45, 2.75) is 110 Å². The maximum absolute atomic E-state index is 15.0. The van der Waals surface area contributed by atoms with Crippen LogP contribution in [0.5, 0.6) is 11.5 Å². The fourth-order valence-corrected chi connectivity index (χ4v) is 5.67. The molecule has 1 saturated carbocycles.